The van der Waals surface area contributed by atoms with Gasteiger partial charge in [-0.15, -0.1) is 11.8 Å². The minimum atomic E-state index is 0.188. The zero-order valence-corrected chi connectivity index (χ0v) is 11.3. The predicted molar refractivity (Wildman–Crippen MR) is 72.7 cm³/mol. The van der Waals surface area contributed by atoms with E-state index in [1.54, 1.807) is 11.8 Å². The number of hydrogen-bond acceptors (Lipinski definition) is 3. The van der Waals surface area contributed by atoms with Gasteiger partial charge in [-0.2, -0.15) is 0 Å². The summed E-state index contributed by atoms with van der Waals surface area (Å²) in [6.07, 6.45) is 2.05. The van der Waals surface area contributed by atoms with Crippen molar-refractivity contribution < 1.29 is 4.79 Å². The van der Waals surface area contributed by atoms with Crippen LogP contribution in [0.2, 0.25) is 0 Å². The van der Waals surface area contributed by atoms with Crippen molar-refractivity contribution in [3.8, 4) is 0 Å². The molecule has 0 unspecified atom stereocenters. The molecule has 1 aliphatic heterocycles. The third-order valence-corrected chi connectivity index (χ3v) is 3.82. The molecule has 0 saturated carbocycles. The minimum absolute atomic E-state index is 0.188. The first kappa shape index (κ1) is 12.5. The molecule has 2 rings (SSSR count). The van der Waals surface area contributed by atoms with Crippen LogP contribution in [0.15, 0.2) is 29.2 Å². The van der Waals surface area contributed by atoms with E-state index in [1.165, 1.54) is 0 Å². The van der Waals surface area contributed by atoms with Crippen molar-refractivity contribution >= 4 is 23.4 Å². The monoisotopic (exact) mass is 250 g/mol. The molecule has 0 aromatic heterocycles. The second-order valence-electron chi connectivity index (χ2n) is 4.48. The van der Waals surface area contributed by atoms with Gasteiger partial charge in [0.1, 0.15) is 0 Å². The Labute approximate surface area is 107 Å². The van der Waals surface area contributed by atoms with Crippen LogP contribution in [0, 0.1) is 0 Å². The Kier molecular flexibility index (Phi) is 3.74. The summed E-state index contributed by atoms with van der Waals surface area (Å²) < 4.78 is 0. The molecule has 1 aromatic rings. The number of anilines is 1. The number of thioether (sulfide) groups is 1. The van der Waals surface area contributed by atoms with Crippen LogP contribution in [0.25, 0.3) is 0 Å². The van der Waals surface area contributed by atoms with Crippen molar-refractivity contribution in [3.05, 3.63) is 24.3 Å². The van der Waals surface area contributed by atoms with E-state index in [4.69, 9.17) is 0 Å². The van der Waals surface area contributed by atoms with Gasteiger partial charge in [0.2, 0.25) is 5.91 Å². The summed E-state index contributed by atoms with van der Waals surface area (Å²) in [6.45, 7) is 3.53. The second-order valence-corrected chi connectivity index (χ2v) is 5.33. The normalized spacial score (nSPS) is 21.9. The van der Waals surface area contributed by atoms with Crippen LogP contribution in [-0.4, -0.2) is 43.2 Å². The van der Waals surface area contributed by atoms with E-state index in [2.05, 4.69) is 17.9 Å². The zero-order valence-electron chi connectivity index (χ0n) is 10.5. The number of para-hydroxylation sites is 1. The minimum Gasteiger partial charge on any atom is -0.306 e. The molecule has 0 spiro atoms. The van der Waals surface area contributed by atoms with E-state index in [1.807, 2.05) is 36.4 Å². The first-order valence-corrected chi connectivity index (χ1v) is 6.99. The molecule has 92 valence electrons. The highest BCUT2D eigenvalue weighted by Gasteiger charge is 2.30. The van der Waals surface area contributed by atoms with Crippen molar-refractivity contribution in [1.82, 2.24) is 4.90 Å². The number of benzene rings is 1. The topological polar surface area (TPSA) is 23.6 Å². The standard InChI is InChI=1S/C13H18N2OS/c1-10-8-14(2)9-13(16)15(10)11-6-4-5-7-12(11)17-3/h4-7,10H,8-9H2,1-3H3/t10-/m0/s1. The lowest BCUT2D eigenvalue weighted by Gasteiger charge is -2.38. The van der Waals surface area contributed by atoms with Crippen LogP contribution < -0.4 is 4.90 Å². The molecular formula is C13H18N2OS. The highest BCUT2D eigenvalue weighted by Crippen LogP contribution is 2.31. The van der Waals surface area contributed by atoms with Gasteiger partial charge in [-0.25, -0.2) is 0 Å². The zero-order chi connectivity index (χ0) is 12.4. The van der Waals surface area contributed by atoms with Gasteiger partial charge < -0.3 is 4.90 Å². The fourth-order valence-corrected chi connectivity index (χ4v) is 2.94. The quantitative estimate of drug-likeness (QED) is 0.751. The summed E-state index contributed by atoms with van der Waals surface area (Å²) >= 11 is 1.69. The molecule has 1 aliphatic rings. The SMILES string of the molecule is CSc1ccccc1N1C(=O)CN(C)C[C@@H]1C. The fourth-order valence-electron chi connectivity index (χ4n) is 2.35. The number of piperazine rings is 1. The summed E-state index contributed by atoms with van der Waals surface area (Å²) in [5.74, 6) is 0.188. The number of nitrogens with zero attached hydrogens (tertiary/aromatic N) is 2. The molecule has 1 amide bonds. The lowest BCUT2D eigenvalue weighted by Crippen LogP contribution is -2.54. The smallest absolute Gasteiger partial charge is 0.241 e. The number of hydrogen-bond donors (Lipinski definition) is 0. The second kappa shape index (κ2) is 5.10. The fraction of sp³-hybridized carbons (Fsp3) is 0.462. The van der Waals surface area contributed by atoms with Gasteiger partial charge >= 0.3 is 0 Å². The lowest BCUT2D eigenvalue weighted by molar-refractivity contribution is -0.121. The van der Waals surface area contributed by atoms with Gasteiger partial charge in [0.25, 0.3) is 0 Å². The van der Waals surface area contributed by atoms with E-state index in [0.717, 1.165) is 17.1 Å². The highest BCUT2D eigenvalue weighted by atomic mass is 32.2. The maximum atomic E-state index is 12.2. The molecule has 1 aromatic carbocycles. The van der Waals surface area contributed by atoms with Gasteiger partial charge in [-0.3, -0.25) is 9.69 Å². The lowest BCUT2D eigenvalue weighted by atomic mass is 10.1. The molecule has 1 saturated heterocycles. The molecule has 0 bridgehead atoms. The maximum absolute atomic E-state index is 12.2. The Bertz CT molecular complexity index is 422. The van der Waals surface area contributed by atoms with Crippen molar-refractivity contribution in [3.63, 3.8) is 0 Å². The van der Waals surface area contributed by atoms with Gasteiger partial charge in [0.15, 0.2) is 0 Å². The van der Waals surface area contributed by atoms with E-state index in [-0.39, 0.29) is 11.9 Å². The summed E-state index contributed by atoms with van der Waals surface area (Å²) in [4.78, 5) is 17.3. The molecule has 1 atom stereocenters. The summed E-state index contributed by atoms with van der Waals surface area (Å²) in [6, 6.07) is 8.34. The summed E-state index contributed by atoms with van der Waals surface area (Å²) in [5.41, 5.74) is 1.05. The predicted octanol–water partition coefficient (Wildman–Crippen LogP) is 2.08. The number of likely N-dealkylation sites (N-methyl/N-ethyl adjacent to an activating group) is 1. The molecule has 17 heavy (non-hydrogen) atoms. The average Bonchev–Trinajstić information content (AvgIpc) is 2.28. The van der Waals surface area contributed by atoms with Crippen LogP contribution in [-0.2, 0) is 4.79 Å². The number of rotatable bonds is 2. The molecule has 1 fully saturated rings. The highest BCUT2D eigenvalue weighted by molar-refractivity contribution is 7.98. The average molecular weight is 250 g/mol. The molecule has 1 heterocycles. The first-order valence-electron chi connectivity index (χ1n) is 5.77. The van der Waals surface area contributed by atoms with E-state index in [9.17, 15) is 4.79 Å². The Morgan fingerprint density at radius 1 is 1.35 bits per heavy atom. The van der Waals surface area contributed by atoms with Crippen molar-refractivity contribution in [2.75, 3.05) is 31.3 Å². The van der Waals surface area contributed by atoms with Crippen molar-refractivity contribution in [1.29, 1.82) is 0 Å². The number of amides is 1. The van der Waals surface area contributed by atoms with Crippen LogP contribution in [0.4, 0.5) is 5.69 Å². The summed E-state index contributed by atoms with van der Waals surface area (Å²) in [7, 11) is 1.99. The van der Waals surface area contributed by atoms with Gasteiger partial charge in [0, 0.05) is 17.5 Å². The number of carbonyl (C=O) groups is 1. The van der Waals surface area contributed by atoms with Crippen LogP contribution in [0.5, 0.6) is 0 Å². The Balaban J connectivity index is 2.35. The third-order valence-electron chi connectivity index (χ3n) is 3.04. The number of carbonyl (C=O) groups excluding carboxylic acids is 1. The van der Waals surface area contributed by atoms with Crippen LogP contribution >= 0.6 is 11.8 Å². The maximum Gasteiger partial charge on any atom is 0.241 e. The van der Waals surface area contributed by atoms with Gasteiger partial charge in [0.05, 0.1) is 12.2 Å². The Morgan fingerprint density at radius 2 is 2.06 bits per heavy atom. The molecule has 4 heteroatoms. The Morgan fingerprint density at radius 3 is 2.71 bits per heavy atom. The van der Waals surface area contributed by atoms with E-state index in [0.29, 0.717) is 6.54 Å². The van der Waals surface area contributed by atoms with Crippen molar-refractivity contribution in [2.45, 2.75) is 17.9 Å². The third kappa shape index (κ3) is 2.48. The van der Waals surface area contributed by atoms with E-state index >= 15 is 0 Å². The van der Waals surface area contributed by atoms with E-state index < -0.39 is 0 Å². The van der Waals surface area contributed by atoms with Gasteiger partial charge in [-0.05, 0) is 32.4 Å². The van der Waals surface area contributed by atoms with Crippen LogP contribution in [0.1, 0.15) is 6.92 Å². The molecule has 0 radical (unpaired) electrons. The van der Waals surface area contributed by atoms with Crippen LogP contribution in [0.3, 0.4) is 0 Å². The van der Waals surface area contributed by atoms with Gasteiger partial charge in [-0.1, -0.05) is 12.1 Å². The molecule has 0 aliphatic carbocycles. The Hall–Kier alpha value is -1.00. The first-order chi connectivity index (χ1) is 8.13. The van der Waals surface area contributed by atoms with Crippen molar-refractivity contribution in [2.24, 2.45) is 0 Å². The largest absolute Gasteiger partial charge is 0.306 e. The molecular weight excluding hydrogens is 232 g/mol. The molecule has 3 nitrogen and oxygen atoms in total. The summed E-state index contributed by atoms with van der Waals surface area (Å²) in [5, 5.41) is 0. The molecule has 0 N–H and O–H groups in total.